The number of rotatable bonds is 6. The molecule has 19 heavy (non-hydrogen) atoms. The van der Waals surface area contributed by atoms with Gasteiger partial charge in [0, 0.05) is 13.7 Å². The number of carbonyl (C=O) groups is 2. The molecule has 1 fully saturated rings. The van der Waals surface area contributed by atoms with Crippen molar-refractivity contribution in [2.24, 2.45) is 16.6 Å². The van der Waals surface area contributed by atoms with Gasteiger partial charge in [0.25, 0.3) is 0 Å². The topological polar surface area (TPSA) is 93.4 Å². The van der Waals surface area contributed by atoms with Crippen LogP contribution in [0.15, 0.2) is 0 Å². The number of piperidine rings is 1. The number of carbonyl (C=O) groups excluding carboxylic acids is 2. The van der Waals surface area contributed by atoms with Crippen molar-refractivity contribution in [3.05, 3.63) is 0 Å². The second kappa shape index (κ2) is 6.34. The normalized spacial score (nSPS) is 18.9. The van der Waals surface area contributed by atoms with Gasteiger partial charge < -0.3 is 21.1 Å². The Hall–Kier alpha value is -1.14. The van der Waals surface area contributed by atoms with Crippen LogP contribution in [0.25, 0.3) is 0 Å². The fourth-order valence-corrected chi connectivity index (χ4v) is 2.19. The third kappa shape index (κ3) is 3.91. The molecular formula is C13H25N3O3. The molecule has 0 atom stereocenters. The van der Waals surface area contributed by atoms with Gasteiger partial charge in [0.05, 0.1) is 17.4 Å². The molecule has 0 radical (unpaired) electrons. The van der Waals surface area contributed by atoms with E-state index in [9.17, 15) is 9.59 Å². The Morgan fingerprint density at radius 1 is 1.37 bits per heavy atom. The number of primary amides is 1. The third-order valence-electron chi connectivity index (χ3n) is 3.82. The monoisotopic (exact) mass is 271 g/mol. The molecule has 1 aliphatic rings. The molecule has 0 aromatic rings. The van der Waals surface area contributed by atoms with Crippen molar-refractivity contribution in [1.82, 2.24) is 10.6 Å². The number of hydrogen-bond donors (Lipinski definition) is 3. The lowest BCUT2D eigenvalue weighted by atomic mass is 9.78. The molecule has 0 spiro atoms. The summed E-state index contributed by atoms with van der Waals surface area (Å²) in [5.41, 5.74) is 4.07. The summed E-state index contributed by atoms with van der Waals surface area (Å²) >= 11 is 0. The number of methoxy groups -OCH3 is 1. The molecule has 0 aliphatic carbocycles. The zero-order valence-corrected chi connectivity index (χ0v) is 12.0. The first kappa shape index (κ1) is 15.9. The Bertz CT molecular complexity index is 331. The van der Waals surface area contributed by atoms with E-state index in [1.54, 1.807) is 21.0 Å². The lowest BCUT2D eigenvalue weighted by molar-refractivity contribution is -0.137. The minimum Gasteiger partial charge on any atom is -0.384 e. The third-order valence-corrected chi connectivity index (χ3v) is 3.82. The van der Waals surface area contributed by atoms with Crippen molar-refractivity contribution in [1.29, 1.82) is 0 Å². The van der Waals surface area contributed by atoms with E-state index in [1.807, 2.05) is 0 Å². The van der Waals surface area contributed by atoms with E-state index in [0.29, 0.717) is 6.61 Å². The Labute approximate surface area is 114 Å². The lowest BCUT2D eigenvalue weighted by Gasteiger charge is -2.36. The molecule has 0 aromatic carbocycles. The molecule has 0 unspecified atom stereocenters. The van der Waals surface area contributed by atoms with E-state index in [1.165, 1.54) is 0 Å². The SMILES string of the molecule is COCC1(C(=O)NCC(C)(C)C(N)=O)CCNCC1. The maximum Gasteiger partial charge on any atom is 0.228 e. The van der Waals surface area contributed by atoms with Crippen LogP contribution in [0.5, 0.6) is 0 Å². The molecule has 6 nitrogen and oxygen atoms in total. The van der Waals surface area contributed by atoms with Crippen LogP contribution in [0.1, 0.15) is 26.7 Å². The van der Waals surface area contributed by atoms with Gasteiger partial charge in [-0.3, -0.25) is 9.59 Å². The molecule has 1 heterocycles. The van der Waals surface area contributed by atoms with Gasteiger partial charge in [-0.15, -0.1) is 0 Å². The molecule has 4 N–H and O–H groups in total. The van der Waals surface area contributed by atoms with Crippen LogP contribution in [-0.4, -0.2) is 45.2 Å². The Morgan fingerprint density at radius 2 is 1.95 bits per heavy atom. The van der Waals surface area contributed by atoms with Crippen LogP contribution in [0, 0.1) is 10.8 Å². The fraction of sp³-hybridized carbons (Fsp3) is 0.846. The molecule has 1 saturated heterocycles. The molecule has 2 amide bonds. The first-order chi connectivity index (χ1) is 8.84. The van der Waals surface area contributed by atoms with Crippen molar-refractivity contribution >= 4 is 11.8 Å². The summed E-state index contributed by atoms with van der Waals surface area (Å²) in [6.07, 6.45) is 1.48. The van der Waals surface area contributed by atoms with E-state index < -0.39 is 16.7 Å². The van der Waals surface area contributed by atoms with E-state index >= 15 is 0 Å². The second-order valence-corrected chi connectivity index (χ2v) is 5.89. The molecule has 0 bridgehead atoms. The maximum absolute atomic E-state index is 12.4. The first-order valence-electron chi connectivity index (χ1n) is 6.62. The van der Waals surface area contributed by atoms with Crippen molar-refractivity contribution in [2.75, 3.05) is 33.4 Å². The molecule has 0 aromatic heterocycles. The number of amides is 2. The number of nitrogens with one attached hydrogen (secondary N) is 2. The highest BCUT2D eigenvalue weighted by atomic mass is 16.5. The smallest absolute Gasteiger partial charge is 0.228 e. The number of ether oxygens (including phenoxy) is 1. The summed E-state index contributed by atoms with van der Waals surface area (Å²) in [6.45, 7) is 5.70. The van der Waals surface area contributed by atoms with Gasteiger partial charge >= 0.3 is 0 Å². The highest BCUT2D eigenvalue weighted by Crippen LogP contribution is 2.29. The average Bonchev–Trinajstić information content (AvgIpc) is 2.37. The predicted octanol–water partition coefficient (Wildman–Crippen LogP) is -0.370. The summed E-state index contributed by atoms with van der Waals surface area (Å²) in [6, 6.07) is 0. The van der Waals surface area contributed by atoms with E-state index in [-0.39, 0.29) is 12.5 Å². The largest absolute Gasteiger partial charge is 0.384 e. The number of nitrogens with two attached hydrogens (primary N) is 1. The molecule has 110 valence electrons. The zero-order valence-electron chi connectivity index (χ0n) is 12.0. The number of hydrogen-bond acceptors (Lipinski definition) is 4. The first-order valence-corrected chi connectivity index (χ1v) is 6.62. The van der Waals surface area contributed by atoms with Gasteiger partial charge in [0.2, 0.25) is 11.8 Å². The predicted molar refractivity (Wildman–Crippen MR) is 72.4 cm³/mol. The molecule has 0 saturated carbocycles. The van der Waals surface area contributed by atoms with Gasteiger partial charge in [-0.25, -0.2) is 0 Å². The standard InChI is InChI=1S/C13H25N3O3/c1-12(2,10(14)17)8-16-11(18)13(9-19-3)4-6-15-7-5-13/h15H,4-9H2,1-3H3,(H2,14,17)(H,16,18). The van der Waals surface area contributed by atoms with Gasteiger partial charge in [-0.1, -0.05) is 0 Å². The van der Waals surface area contributed by atoms with E-state index in [4.69, 9.17) is 10.5 Å². The van der Waals surface area contributed by atoms with Crippen LogP contribution >= 0.6 is 0 Å². The van der Waals surface area contributed by atoms with Crippen molar-refractivity contribution in [3.8, 4) is 0 Å². The summed E-state index contributed by atoms with van der Waals surface area (Å²) < 4.78 is 5.20. The van der Waals surface area contributed by atoms with Crippen LogP contribution < -0.4 is 16.4 Å². The second-order valence-electron chi connectivity index (χ2n) is 5.89. The zero-order chi connectivity index (χ0) is 14.5. The van der Waals surface area contributed by atoms with Crippen molar-refractivity contribution < 1.29 is 14.3 Å². The van der Waals surface area contributed by atoms with Crippen molar-refractivity contribution in [2.45, 2.75) is 26.7 Å². The molecule has 1 rings (SSSR count). The molecule has 1 aliphatic heterocycles. The van der Waals surface area contributed by atoms with Gasteiger partial charge in [0.1, 0.15) is 0 Å². The van der Waals surface area contributed by atoms with Gasteiger partial charge in [0.15, 0.2) is 0 Å². The minimum absolute atomic E-state index is 0.0508. The molecule has 6 heteroatoms. The summed E-state index contributed by atoms with van der Waals surface area (Å²) in [5, 5.41) is 6.09. The minimum atomic E-state index is -0.739. The molecular weight excluding hydrogens is 246 g/mol. The summed E-state index contributed by atoms with van der Waals surface area (Å²) in [4.78, 5) is 23.7. The van der Waals surface area contributed by atoms with Gasteiger partial charge in [-0.05, 0) is 39.8 Å². The van der Waals surface area contributed by atoms with E-state index in [0.717, 1.165) is 25.9 Å². The Kier molecular flexibility index (Phi) is 5.31. The highest BCUT2D eigenvalue weighted by molar-refractivity contribution is 5.85. The van der Waals surface area contributed by atoms with Crippen LogP contribution in [0.3, 0.4) is 0 Å². The van der Waals surface area contributed by atoms with Gasteiger partial charge in [-0.2, -0.15) is 0 Å². The summed E-state index contributed by atoms with van der Waals surface area (Å²) in [7, 11) is 1.60. The van der Waals surface area contributed by atoms with E-state index in [2.05, 4.69) is 10.6 Å². The summed E-state index contributed by atoms with van der Waals surface area (Å²) in [5.74, 6) is -0.468. The Balaban J connectivity index is 2.65. The highest BCUT2D eigenvalue weighted by Gasteiger charge is 2.40. The quantitative estimate of drug-likeness (QED) is 0.614. The van der Waals surface area contributed by atoms with Crippen LogP contribution in [0.4, 0.5) is 0 Å². The lowest BCUT2D eigenvalue weighted by Crippen LogP contribution is -2.52. The van der Waals surface area contributed by atoms with Crippen LogP contribution in [0.2, 0.25) is 0 Å². The Morgan fingerprint density at radius 3 is 2.42 bits per heavy atom. The fourth-order valence-electron chi connectivity index (χ4n) is 2.19. The average molecular weight is 271 g/mol. The maximum atomic E-state index is 12.4. The van der Waals surface area contributed by atoms with Crippen molar-refractivity contribution in [3.63, 3.8) is 0 Å². The van der Waals surface area contributed by atoms with Crippen LogP contribution in [-0.2, 0) is 14.3 Å².